The largest absolute Gasteiger partial charge is 0.362 e. The van der Waals surface area contributed by atoms with E-state index in [2.05, 4.69) is 40.0 Å². The summed E-state index contributed by atoms with van der Waals surface area (Å²) < 4.78 is 21.0. The molecule has 0 unspecified atom stereocenters. The van der Waals surface area contributed by atoms with Gasteiger partial charge in [0.2, 0.25) is 0 Å². The molecule has 0 fully saturated rings. The van der Waals surface area contributed by atoms with Crippen LogP contribution in [0.1, 0.15) is 10.5 Å². The lowest BCUT2D eigenvalue weighted by Crippen LogP contribution is -2.22. The fraction of sp³-hybridized carbons (Fsp3) is 0.273. The number of anilines is 1. The Labute approximate surface area is 180 Å². The number of pyridine rings is 1. The highest BCUT2D eigenvalue weighted by Gasteiger charge is 2.15. The zero-order valence-corrected chi connectivity index (χ0v) is 18.7. The van der Waals surface area contributed by atoms with Crippen molar-refractivity contribution in [2.45, 2.75) is 25.7 Å². The van der Waals surface area contributed by atoms with Crippen molar-refractivity contribution in [3.05, 3.63) is 54.2 Å². The van der Waals surface area contributed by atoms with E-state index in [1.165, 1.54) is 12.1 Å². The zero-order chi connectivity index (χ0) is 22.0. The van der Waals surface area contributed by atoms with Gasteiger partial charge in [-0.1, -0.05) is 19.6 Å². The minimum atomic E-state index is -1.16. The van der Waals surface area contributed by atoms with Crippen LogP contribution < -0.4 is 5.32 Å². The summed E-state index contributed by atoms with van der Waals surface area (Å²) in [6.07, 6.45) is 4.05. The number of hydrogen-bond donors (Lipinski definition) is 1. The number of nitrogens with zero attached hydrogens (tertiary/aromatic N) is 4. The monoisotopic (exact) mass is 437 g/mol. The predicted octanol–water partition coefficient (Wildman–Crippen LogP) is 4.62. The molecule has 1 aromatic carbocycles. The molecule has 3 heterocycles. The maximum Gasteiger partial charge on any atom is 0.168 e. The summed E-state index contributed by atoms with van der Waals surface area (Å²) in [4.78, 5) is 20.3. The van der Waals surface area contributed by atoms with Crippen molar-refractivity contribution >= 4 is 36.7 Å². The van der Waals surface area contributed by atoms with Crippen molar-refractivity contribution in [3.63, 3.8) is 0 Å². The molecule has 0 aliphatic heterocycles. The molecule has 9 heteroatoms. The molecule has 3 aromatic heterocycles. The smallest absolute Gasteiger partial charge is 0.168 e. The fourth-order valence-electron chi connectivity index (χ4n) is 3.20. The Morgan fingerprint density at radius 2 is 2.03 bits per heavy atom. The van der Waals surface area contributed by atoms with Crippen molar-refractivity contribution in [1.82, 2.24) is 19.6 Å². The second-order valence-corrected chi connectivity index (χ2v) is 14.2. The lowest BCUT2D eigenvalue weighted by Gasteiger charge is -2.16. The van der Waals surface area contributed by atoms with Crippen LogP contribution in [0.5, 0.6) is 0 Å². The van der Waals surface area contributed by atoms with E-state index in [1.807, 2.05) is 6.07 Å². The van der Waals surface area contributed by atoms with Gasteiger partial charge in [-0.3, -0.25) is 9.78 Å². The minimum Gasteiger partial charge on any atom is -0.362 e. The molecule has 160 valence electrons. The molecule has 0 aliphatic rings. The molecule has 0 saturated carbocycles. The molecule has 0 aliphatic carbocycles. The standard InChI is InChI=1S/C22H24FN5O2Si/c1-31(2,3)7-6-30-14-25-21-10-18(13-29)27-22-19(12-26-28(21)22)16-8-15-9-17(23)4-5-20(15)24-11-16/h4-5,8-13,25H,6-7,14H2,1-3H3. The van der Waals surface area contributed by atoms with Gasteiger partial charge in [0, 0.05) is 43.5 Å². The molecular formula is C22H24FN5O2Si. The highest BCUT2D eigenvalue weighted by molar-refractivity contribution is 6.76. The first-order chi connectivity index (χ1) is 14.8. The fourth-order valence-corrected chi connectivity index (χ4v) is 3.95. The topological polar surface area (TPSA) is 81.4 Å². The first kappa shape index (κ1) is 21.1. The van der Waals surface area contributed by atoms with E-state index in [-0.39, 0.29) is 11.5 Å². The van der Waals surface area contributed by atoms with Crippen LogP contribution in [0.3, 0.4) is 0 Å². The van der Waals surface area contributed by atoms with Crippen LogP contribution in [0.4, 0.5) is 10.2 Å². The number of aldehydes is 1. The number of nitrogens with one attached hydrogen (secondary N) is 1. The van der Waals surface area contributed by atoms with Crippen molar-refractivity contribution in [2.24, 2.45) is 0 Å². The van der Waals surface area contributed by atoms with Gasteiger partial charge in [-0.15, -0.1) is 0 Å². The summed E-state index contributed by atoms with van der Waals surface area (Å²) in [5, 5.41) is 8.29. The molecule has 0 bridgehead atoms. The van der Waals surface area contributed by atoms with Gasteiger partial charge < -0.3 is 10.1 Å². The number of halogens is 1. The number of aromatic nitrogens is 4. The molecule has 4 aromatic rings. The van der Waals surface area contributed by atoms with E-state index in [0.717, 1.165) is 11.6 Å². The van der Waals surface area contributed by atoms with E-state index in [0.29, 0.717) is 47.6 Å². The van der Waals surface area contributed by atoms with E-state index in [9.17, 15) is 9.18 Å². The van der Waals surface area contributed by atoms with E-state index in [1.54, 1.807) is 29.0 Å². The van der Waals surface area contributed by atoms with E-state index >= 15 is 0 Å². The molecule has 7 nitrogen and oxygen atoms in total. The van der Waals surface area contributed by atoms with Crippen LogP contribution >= 0.6 is 0 Å². The van der Waals surface area contributed by atoms with Crippen LogP contribution in [0.2, 0.25) is 25.7 Å². The average molecular weight is 438 g/mol. The Bertz CT molecular complexity index is 1250. The summed E-state index contributed by atoms with van der Waals surface area (Å²) >= 11 is 0. The number of carbonyl (C=O) groups excluding carboxylic acids is 1. The van der Waals surface area contributed by atoms with Gasteiger partial charge in [-0.25, -0.2) is 9.37 Å². The Kier molecular flexibility index (Phi) is 5.79. The van der Waals surface area contributed by atoms with Gasteiger partial charge in [0.25, 0.3) is 0 Å². The molecular weight excluding hydrogens is 413 g/mol. The third-order valence-corrected chi connectivity index (χ3v) is 6.62. The Hall–Kier alpha value is -3.17. The summed E-state index contributed by atoms with van der Waals surface area (Å²) in [7, 11) is -1.16. The van der Waals surface area contributed by atoms with Crippen LogP contribution in [0.25, 0.3) is 27.7 Å². The molecule has 31 heavy (non-hydrogen) atoms. The highest BCUT2D eigenvalue weighted by atomic mass is 28.3. The molecule has 0 atom stereocenters. The van der Waals surface area contributed by atoms with Crippen molar-refractivity contribution in [2.75, 3.05) is 18.7 Å². The normalized spacial score (nSPS) is 11.9. The SMILES string of the molecule is C[Si](C)(C)CCOCNc1cc(C=O)nc2c(-c3cnc4ccc(F)cc4c3)cnn12. The van der Waals surface area contributed by atoms with Crippen LogP contribution in [0.15, 0.2) is 42.7 Å². The Morgan fingerprint density at radius 1 is 1.19 bits per heavy atom. The number of rotatable bonds is 8. The van der Waals surface area contributed by atoms with Gasteiger partial charge in [-0.05, 0) is 30.3 Å². The number of fused-ring (bicyclic) bond motifs is 2. The third kappa shape index (κ3) is 4.78. The predicted molar refractivity (Wildman–Crippen MR) is 122 cm³/mol. The van der Waals surface area contributed by atoms with Crippen molar-refractivity contribution < 1.29 is 13.9 Å². The van der Waals surface area contributed by atoms with E-state index < -0.39 is 8.07 Å². The second kappa shape index (κ2) is 8.52. The molecule has 1 N–H and O–H groups in total. The van der Waals surface area contributed by atoms with Crippen molar-refractivity contribution in [3.8, 4) is 11.1 Å². The van der Waals surface area contributed by atoms with Crippen LogP contribution in [0, 0.1) is 5.82 Å². The first-order valence-corrected chi connectivity index (χ1v) is 13.8. The lowest BCUT2D eigenvalue weighted by atomic mass is 10.1. The quantitative estimate of drug-likeness (QED) is 0.187. The summed E-state index contributed by atoms with van der Waals surface area (Å²) in [5.74, 6) is 0.277. The number of carbonyl (C=O) groups is 1. The number of hydrogen-bond acceptors (Lipinski definition) is 6. The molecule has 0 amide bonds. The third-order valence-electron chi connectivity index (χ3n) is 4.92. The Morgan fingerprint density at radius 3 is 2.81 bits per heavy atom. The lowest BCUT2D eigenvalue weighted by molar-refractivity contribution is 0.111. The summed E-state index contributed by atoms with van der Waals surface area (Å²) in [6.45, 7) is 7.88. The number of benzene rings is 1. The molecule has 0 saturated heterocycles. The van der Waals surface area contributed by atoms with Gasteiger partial charge in [-0.2, -0.15) is 9.61 Å². The summed E-state index contributed by atoms with van der Waals surface area (Å²) in [6, 6.07) is 8.99. The molecule has 0 radical (unpaired) electrons. The zero-order valence-electron chi connectivity index (χ0n) is 17.7. The maximum absolute atomic E-state index is 13.6. The average Bonchev–Trinajstić information content (AvgIpc) is 3.16. The number of ether oxygens (including phenoxy) is 1. The second-order valence-electron chi connectivity index (χ2n) is 8.58. The Balaban J connectivity index is 1.64. The van der Waals surface area contributed by atoms with Crippen molar-refractivity contribution in [1.29, 1.82) is 0 Å². The minimum absolute atomic E-state index is 0.277. The van der Waals surface area contributed by atoms with Crippen LogP contribution in [-0.2, 0) is 4.74 Å². The van der Waals surface area contributed by atoms with Crippen LogP contribution in [-0.4, -0.2) is 47.3 Å². The summed E-state index contributed by atoms with van der Waals surface area (Å²) in [5.41, 5.74) is 2.91. The van der Waals surface area contributed by atoms with Gasteiger partial charge in [0.05, 0.1) is 11.7 Å². The van der Waals surface area contributed by atoms with Gasteiger partial charge in [0.15, 0.2) is 11.9 Å². The molecule has 4 rings (SSSR count). The maximum atomic E-state index is 13.6. The van der Waals surface area contributed by atoms with Gasteiger partial charge >= 0.3 is 0 Å². The highest BCUT2D eigenvalue weighted by Crippen LogP contribution is 2.27. The van der Waals surface area contributed by atoms with E-state index in [4.69, 9.17) is 4.74 Å². The van der Waals surface area contributed by atoms with Gasteiger partial charge in [0.1, 0.15) is 24.1 Å². The first-order valence-electron chi connectivity index (χ1n) is 10.1. The molecule has 0 spiro atoms.